The molecule has 3 heterocycles. The fraction of sp³-hybridized carbons (Fsp3) is 0.375. The van der Waals surface area contributed by atoms with Gasteiger partial charge in [-0.3, -0.25) is 9.88 Å². The van der Waals surface area contributed by atoms with Crippen molar-refractivity contribution in [1.82, 2.24) is 19.9 Å². The van der Waals surface area contributed by atoms with Crippen LogP contribution in [0.1, 0.15) is 43.4 Å². The molecule has 3 aromatic rings. The van der Waals surface area contributed by atoms with Crippen LogP contribution in [0.5, 0.6) is 5.75 Å². The standard InChI is InChI=1S/C24H25F3N4O/c1-23(2,3)22-29-13-17-15-31(11-10-19(17)30-22)14-16-8-9-20(28-12-16)18-6-4-5-7-21(18)32-24(25,26)27/h4-9,12-13H,10-11,14-15H2,1-3H3. The Kier molecular flexibility index (Phi) is 5.90. The van der Waals surface area contributed by atoms with Gasteiger partial charge >= 0.3 is 6.36 Å². The fourth-order valence-electron chi connectivity index (χ4n) is 3.70. The molecule has 1 aliphatic rings. The summed E-state index contributed by atoms with van der Waals surface area (Å²) in [5, 5.41) is 0. The Labute approximate surface area is 185 Å². The average Bonchev–Trinajstić information content (AvgIpc) is 2.73. The molecule has 0 amide bonds. The van der Waals surface area contributed by atoms with E-state index in [0.717, 1.165) is 42.2 Å². The van der Waals surface area contributed by atoms with E-state index in [1.807, 2.05) is 12.3 Å². The minimum atomic E-state index is -4.75. The summed E-state index contributed by atoms with van der Waals surface area (Å²) in [6.45, 7) is 8.63. The number of halogens is 3. The van der Waals surface area contributed by atoms with Gasteiger partial charge in [-0.15, -0.1) is 13.2 Å². The minimum Gasteiger partial charge on any atom is -0.405 e. The van der Waals surface area contributed by atoms with Gasteiger partial charge in [0.1, 0.15) is 11.6 Å². The molecule has 0 unspecified atom stereocenters. The summed E-state index contributed by atoms with van der Waals surface area (Å²) in [4.78, 5) is 16.0. The number of ether oxygens (including phenoxy) is 1. The number of aromatic nitrogens is 3. The zero-order valence-corrected chi connectivity index (χ0v) is 18.3. The molecule has 0 bridgehead atoms. The zero-order valence-electron chi connectivity index (χ0n) is 18.3. The quantitative estimate of drug-likeness (QED) is 0.549. The molecule has 32 heavy (non-hydrogen) atoms. The number of rotatable bonds is 4. The highest BCUT2D eigenvalue weighted by Gasteiger charge is 2.32. The molecule has 5 nitrogen and oxygen atoms in total. The molecule has 0 spiro atoms. The largest absolute Gasteiger partial charge is 0.573 e. The van der Waals surface area contributed by atoms with Crippen LogP contribution in [0.4, 0.5) is 13.2 Å². The van der Waals surface area contributed by atoms with E-state index >= 15 is 0 Å². The Bertz CT molecular complexity index is 1090. The number of pyridine rings is 1. The molecule has 0 radical (unpaired) electrons. The van der Waals surface area contributed by atoms with Gasteiger partial charge in [-0.05, 0) is 23.8 Å². The Morgan fingerprint density at radius 2 is 1.78 bits per heavy atom. The first-order valence-corrected chi connectivity index (χ1v) is 10.5. The van der Waals surface area contributed by atoms with Gasteiger partial charge < -0.3 is 4.74 Å². The van der Waals surface area contributed by atoms with E-state index in [2.05, 4.69) is 40.4 Å². The normalized spacial score (nSPS) is 14.8. The van der Waals surface area contributed by atoms with E-state index in [1.54, 1.807) is 24.4 Å². The molecular weight excluding hydrogens is 417 g/mol. The summed E-state index contributed by atoms with van der Waals surface area (Å²) >= 11 is 0. The molecule has 0 saturated carbocycles. The molecule has 0 fully saturated rings. The SMILES string of the molecule is CC(C)(C)c1ncc2c(n1)CCN(Cc1ccc(-c3ccccc3OC(F)(F)F)nc1)C2. The highest BCUT2D eigenvalue weighted by molar-refractivity contribution is 5.67. The van der Waals surface area contributed by atoms with Crippen molar-refractivity contribution >= 4 is 0 Å². The summed E-state index contributed by atoms with van der Waals surface area (Å²) in [6.07, 6.45) is -0.269. The summed E-state index contributed by atoms with van der Waals surface area (Å²) in [6, 6.07) is 9.63. The number of hydrogen-bond donors (Lipinski definition) is 0. The van der Waals surface area contributed by atoms with Crippen LogP contribution in [0.2, 0.25) is 0 Å². The van der Waals surface area contributed by atoms with Gasteiger partial charge in [0, 0.05) is 60.7 Å². The first-order chi connectivity index (χ1) is 15.1. The smallest absolute Gasteiger partial charge is 0.405 e. The van der Waals surface area contributed by atoms with Crippen LogP contribution in [-0.2, 0) is 24.9 Å². The van der Waals surface area contributed by atoms with Crippen LogP contribution in [-0.4, -0.2) is 32.8 Å². The summed E-state index contributed by atoms with van der Waals surface area (Å²) in [5.41, 5.74) is 3.88. The van der Waals surface area contributed by atoms with Crippen molar-refractivity contribution in [2.24, 2.45) is 0 Å². The molecule has 1 aliphatic heterocycles. The van der Waals surface area contributed by atoms with Crippen LogP contribution >= 0.6 is 0 Å². The molecule has 0 N–H and O–H groups in total. The number of para-hydroxylation sites is 1. The Morgan fingerprint density at radius 3 is 2.47 bits per heavy atom. The second-order valence-corrected chi connectivity index (χ2v) is 8.97. The summed E-state index contributed by atoms with van der Waals surface area (Å²) < 4.78 is 42.2. The maximum Gasteiger partial charge on any atom is 0.573 e. The van der Waals surface area contributed by atoms with Crippen LogP contribution in [0.3, 0.4) is 0 Å². The monoisotopic (exact) mass is 442 g/mol. The predicted octanol–water partition coefficient (Wildman–Crippen LogP) is 5.29. The summed E-state index contributed by atoms with van der Waals surface area (Å²) in [7, 11) is 0. The van der Waals surface area contributed by atoms with Crippen molar-refractivity contribution in [3.05, 3.63) is 71.4 Å². The lowest BCUT2D eigenvalue weighted by Gasteiger charge is -2.29. The number of nitrogens with zero attached hydrogens (tertiary/aromatic N) is 4. The van der Waals surface area contributed by atoms with Gasteiger partial charge in [0.15, 0.2) is 0 Å². The molecular formula is C24H25F3N4O. The van der Waals surface area contributed by atoms with Crippen molar-refractivity contribution in [2.45, 2.75) is 52.1 Å². The second-order valence-electron chi connectivity index (χ2n) is 8.97. The minimum absolute atomic E-state index is 0.0800. The van der Waals surface area contributed by atoms with Gasteiger partial charge in [0.25, 0.3) is 0 Å². The van der Waals surface area contributed by atoms with E-state index in [0.29, 0.717) is 17.8 Å². The van der Waals surface area contributed by atoms with E-state index in [1.165, 1.54) is 12.1 Å². The molecule has 1 aromatic carbocycles. The highest BCUT2D eigenvalue weighted by Crippen LogP contribution is 2.33. The van der Waals surface area contributed by atoms with Crippen LogP contribution in [0.25, 0.3) is 11.3 Å². The van der Waals surface area contributed by atoms with Gasteiger partial charge in [-0.25, -0.2) is 9.97 Å². The molecule has 4 rings (SSSR count). The van der Waals surface area contributed by atoms with Crippen molar-refractivity contribution in [3.8, 4) is 17.0 Å². The van der Waals surface area contributed by atoms with Gasteiger partial charge in [0.2, 0.25) is 0 Å². The van der Waals surface area contributed by atoms with E-state index in [-0.39, 0.29) is 11.2 Å². The van der Waals surface area contributed by atoms with Gasteiger partial charge in [-0.1, -0.05) is 39.0 Å². The summed E-state index contributed by atoms with van der Waals surface area (Å²) in [5.74, 6) is 0.599. The van der Waals surface area contributed by atoms with Crippen molar-refractivity contribution < 1.29 is 17.9 Å². The third-order valence-corrected chi connectivity index (χ3v) is 5.30. The number of fused-ring (bicyclic) bond motifs is 1. The molecule has 0 atom stereocenters. The third kappa shape index (κ3) is 5.24. The third-order valence-electron chi connectivity index (χ3n) is 5.30. The van der Waals surface area contributed by atoms with Gasteiger partial charge in [0.05, 0.1) is 5.69 Å². The zero-order chi connectivity index (χ0) is 22.9. The van der Waals surface area contributed by atoms with Crippen molar-refractivity contribution in [3.63, 3.8) is 0 Å². The number of hydrogen-bond acceptors (Lipinski definition) is 5. The van der Waals surface area contributed by atoms with Crippen LogP contribution < -0.4 is 4.74 Å². The Balaban J connectivity index is 1.46. The molecule has 0 saturated heterocycles. The highest BCUT2D eigenvalue weighted by atomic mass is 19.4. The van der Waals surface area contributed by atoms with E-state index < -0.39 is 6.36 Å². The lowest BCUT2D eigenvalue weighted by Crippen LogP contribution is -2.32. The molecule has 168 valence electrons. The first kappa shape index (κ1) is 22.2. The molecule has 8 heteroatoms. The molecule has 0 aliphatic carbocycles. The van der Waals surface area contributed by atoms with Crippen molar-refractivity contribution in [2.75, 3.05) is 6.54 Å². The van der Waals surface area contributed by atoms with Crippen molar-refractivity contribution in [1.29, 1.82) is 0 Å². The topological polar surface area (TPSA) is 51.1 Å². The predicted molar refractivity (Wildman–Crippen MR) is 115 cm³/mol. The Hall–Kier alpha value is -3.00. The van der Waals surface area contributed by atoms with Gasteiger partial charge in [-0.2, -0.15) is 0 Å². The maximum atomic E-state index is 12.7. The van der Waals surface area contributed by atoms with Crippen LogP contribution in [0, 0.1) is 0 Å². The maximum absolute atomic E-state index is 12.7. The molecule has 2 aromatic heterocycles. The lowest BCUT2D eigenvalue weighted by atomic mass is 9.95. The number of alkyl halides is 3. The second kappa shape index (κ2) is 8.50. The van der Waals surface area contributed by atoms with Crippen LogP contribution in [0.15, 0.2) is 48.8 Å². The first-order valence-electron chi connectivity index (χ1n) is 10.5. The average molecular weight is 442 g/mol. The Morgan fingerprint density at radius 1 is 1.00 bits per heavy atom. The number of benzene rings is 1. The fourth-order valence-corrected chi connectivity index (χ4v) is 3.70. The lowest BCUT2D eigenvalue weighted by molar-refractivity contribution is -0.274. The van der Waals surface area contributed by atoms with E-state index in [9.17, 15) is 13.2 Å². The van der Waals surface area contributed by atoms with E-state index in [4.69, 9.17) is 4.98 Å².